The van der Waals surface area contributed by atoms with E-state index in [0.717, 1.165) is 18.8 Å². The van der Waals surface area contributed by atoms with E-state index in [9.17, 15) is 4.79 Å². The van der Waals surface area contributed by atoms with E-state index in [1.54, 1.807) is 4.90 Å². The smallest absolute Gasteiger partial charge is 0.317 e. The zero-order chi connectivity index (χ0) is 17.5. The van der Waals surface area contributed by atoms with Crippen LogP contribution in [0.4, 0.5) is 4.79 Å². The summed E-state index contributed by atoms with van der Waals surface area (Å²) in [5.41, 5.74) is 1.21. The van der Waals surface area contributed by atoms with Crippen molar-refractivity contribution >= 4 is 6.03 Å². The lowest BCUT2D eigenvalue weighted by molar-refractivity contribution is 0.158. The maximum absolute atomic E-state index is 12.2. The van der Waals surface area contributed by atoms with Gasteiger partial charge in [0.25, 0.3) is 0 Å². The second-order valence-electron chi connectivity index (χ2n) is 7.08. The van der Waals surface area contributed by atoms with Crippen LogP contribution < -0.4 is 10.1 Å². The molecule has 5 nitrogen and oxygen atoms in total. The minimum Gasteiger partial charge on any atom is -0.489 e. The van der Waals surface area contributed by atoms with Gasteiger partial charge in [-0.1, -0.05) is 17.7 Å². The summed E-state index contributed by atoms with van der Waals surface area (Å²) in [6, 6.07) is 7.94. The van der Waals surface area contributed by atoms with Gasteiger partial charge in [-0.2, -0.15) is 0 Å². The van der Waals surface area contributed by atoms with E-state index in [-0.39, 0.29) is 12.1 Å². The highest BCUT2D eigenvalue weighted by Gasteiger charge is 2.20. The predicted octanol–water partition coefficient (Wildman–Crippen LogP) is 2.75. The topological polar surface area (TPSA) is 44.8 Å². The molecule has 0 saturated carbocycles. The number of urea groups is 1. The Morgan fingerprint density at radius 2 is 2.12 bits per heavy atom. The van der Waals surface area contributed by atoms with Crippen LogP contribution in [0.2, 0.25) is 0 Å². The third kappa shape index (κ3) is 6.04. The van der Waals surface area contributed by atoms with Crippen LogP contribution in [0.15, 0.2) is 24.3 Å². The number of hydrogen-bond acceptors (Lipinski definition) is 3. The van der Waals surface area contributed by atoms with E-state index in [1.165, 1.54) is 24.9 Å². The van der Waals surface area contributed by atoms with Gasteiger partial charge in [-0.15, -0.1) is 0 Å². The standard InChI is InChI=1S/C19H31N3O2/c1-15-7-9-18(10-8-15)24-16(2)12-20-19(23)22(4)14-17-6-5-11-21(3)13-17/h7-10,16-17H,5-6,11-14H2,1-4H3,(H,20,23). The number of piperidine rings is 1. The molecule has 1 aliphatic heterocycles. The number of carbonyl (C=O) groups excluding carboxylic acids is 1. The van der Waals surface area contributed by atoms with E-state index >= 15 is 0 Å². The van der Waals surface area contributed by atoms with Gasteiger partial charge in [0, 0.05) is 20.1 Å². The zero-order valence-corrected chi connectivity index (χ0v) is 15.4. The lowest BCUT2D eigenvalue weighted by Gasteiger charge is -2.32. The summed E-state index contributed by atoms with van der Waals surface area (Å²) >= 11 is 0. The average molecular weight is 333 g/mol. The van der Waals surface area contributed by atoms with Crippen LogP contribution in [-0.4, -0.2) is 62.2 Å². The lowest BCUT2D eigenvalue weighted by atomic mass is 9.98. The molecule has 5 heteroatoms. The number of likely N-dealkylation sites (tertiary alicyclic amines) is 1. The van der Waals surface area contributed by atoms with Gasteiger partial charge in [0.05, 0.1) is 6.54 Å². The average Bonchev–Trinajstić information content (AvgIpc) is 2.54. The largest absolute Gasteiger partial charge is 0.489 e. The third-order valence-corrected chi connectivity index (χ3v) is 4.50. The Morgan fingerprint density at radius 1 is 1.42 bits per heavy atom. The normalized spacial score (nSPS) is 19.6. The molecule has 0 spiro atoms. The van der Waals surface area contributed by atoms with Gasteiger partial charge < -0.3 is 19.9 Å². The van der Waals surface area contributed by atoms with Gasteiger partial charge in [-0.3, -0.25) is 0 Å². The Kier molecular flexibility index (Phi) is 6.91. The maximum Gasteiger partial charge on any atom is 0.317 e. The number of amides is 2. The molecule has 2 amide bonds. The van der Waals surface area contributed by atoms with Gasteiger partial charge >= 0.3 is 6.03 Å². The van der Waals surface area contributed by atoms with Gasteiger partial charge in [0.15, 0.2) is 0 Å². The molecule has 1 aromatic carbocycles. The summed E-state index contributed by atoms with van der Waals surface area (Å²) in [6.45, 7) is 7.57. The Labute approximate surface area is 146 Å². The highest BCUT2D eigenvalue weighted by molar-refractivity contribution is 5.73. The van der Waals surface area contributed by atoms with Crippen molar-refractivity contribution in [3.05, 3.63) is 29.8 Å². The summed E-state index contributed by atoms with van der Waals surface area (Å²) < 4.78 is 5.82. The van der Waals surface area contributed by atoms with Crippen LogP contribution >= 0.6 is 0 Å². The quantitative estimate of drug-likeness (QED) is 0.871. The van der Waals surface area contributed by atoms with E-state index in [0.29, 0.717) is 12.5 Å². The van der Waals surface area contributed by atoms with Crippen LogP contribution in [-0.2, 0) is 0 Å². The van der Waals surface area contributed by atoms with Crippen molar-refractivity contribution in [2.24, 2.45) is 5.92 Å². The van der Waals surface area contributed by atoms with Crippen LogP contribution in [0.5, 0.6) is 5.75 Å². The molecule has 1 aliphatic rings. The SMILES string of the molecule is Cc1ccc(OC(C)CNC(=O)N(C)CC2CCCN(C)C2)cc1. The minimum atomic E-state index is -0.0640. The maximum atomic E-state index is 12.2. The van der Waals surface area contributed by atoms with Crippen molar-refractivity contribution in [2.45, 2.75) is 32.8 Å². The molecule has 0 radical (unpaired) electrons. The van der Waals surface area contributed by atoms with Gasteiger partial charge in [0.2, 0.25) is 0 Å². The minimum absolute atomic E-state index is 0.0254. The molecule has 1 saturated heterocycles. The number of aryl methyl sites for hydroxylation is 1. The molecule has 0 aromatic heterocycles. The Morgan fingerprint density at radius 3 is 2.79 bits per heavy atom. The Hall–Kier alpha value is -1.75. The highest BCUT2D eigenvalue weighted by atomic mass is 16.5. The van der Waals surface area contributed by atoms with Crippen molar-refractivity contribution in [1.82, 2.24) is 15.1 Å². The highest BCUT2D eigenvalue weighted by Crippen LogP contribution is 2.16. The lowest BCUT2D eigenvalue weighted by Crippen LogP contribution is -2.45. The predicted molar refractivity (Wildman–Crippen MR) is 97.5 cm³/mol. The molecule has 1 N–H and O–H groups in total. The van der Waals surface area contributed by atoms with E-state index in [1.807, 2.05) is 45.2 Å². The van der Waals surface area contributed by atoms with Crippen molar-refractivity contribution in [2.75, 3.05) is 40.3 Å². The number of nitrogens with one attached hydrogen (secondary N) is 1. The molecular weight excluding hydrogens is 302 g/mol. The molecule has 1 aromatic rings. The molecule has 134 valence electrons. The van der Waals surface area contributed by atoms with Crippen LogP contribution in [0.3, 0.4) is 0 Å². The molecule has 0 bridgehead atoms. The Balaban J connectivity index is 1.70. The van der Waals surface area contributed by atoms with Crippen molar-refractivity contribution in [3.63, 3.8) is 0 Å². The van der Waals surface area contributed by atoms with E-state index < -0.39 is 0 Å². The fourth-order valence-corrected chi connectivity index (χ4v) is 3.15. The van der Waals surface area contributed by atoms with Gasteiger partial charge in [-0.05, 0) is 58.3 Å². The summed E-state index contributed by atoms with van der Waals surface area (Å²) in [5.74, 6) is 1.40. The number of rotatable bonds is 6. The number of nitrogens with zero attached hydrogens (tertiary/aromatic N) is 2. The molecule has 1 fully saturated rings. The van der Waals surface area contributed by atoms with E-state index in [4.69, 9.17) is 4.74 Å². The second kappa shape index (κ2) is 8.92. The fraction of sp³-hybridized carbons (Fsp3) is 0.632. The number of hydrogen-bond donors (Lipinski definition) is 1. The summed E-state index contributed by atoms with van der Waals surface area (Å²) in [7, 11) is 4.02. The van der Waals surface area contributed by atoms with Crippen LogP contribution in [0.25, 0.3) is 0 Å². The summed E-state index contributed by atoms with van der Waals surface area (Å²) in [5, 5.41) is 2.96. The summed E-state index contributed by atoms with van der Waals surface area (Å²) in [4.78, 5) is 16.4. The number of benzene rings is 1. The molecule has 2 unspecified atom stereocenters. The van der Waals surface area contributed by atoms with E-state index in [2.05, 4.69) is 17.3 Å². The van der Waals surface area contributed by atoms with Crippen LogP contribution in [0, 0.1) is 12.8 Å². The first-order valence-electron chi connectivity index (χ1n) is 8.85. The third-order valence-electron chi connectivity index (χ3n) is 4.50. The van der Waals surface area contributed by atoms with Crippen LogP contribution in [0.1, 0.15) is 25.3 Å². The monoisotopic (exact) mass is 333 g/mol. The molecule has 1 heterocycles. The zero-order valence-electron chi connectivity index (χ0n) is 15.4. The fourth-order valence-electron chi connectivity index (χ4n) is 3.15. The number of ether oxygens (including phenoxy) is 1. The second-order valence-corrected chi connectivity index (χ2v) is 7.08. The first-order chi connectivity index (χ1) is 11.4. The van der Waals surface area contributed by atoms with Crippen molar-refractivity contribution in [3.8, 4) is 5.75 Å². The van der Waals surface area contributed by atoms with Gasteiger partial charge in [-0.25, -0.2) is 4.79 Å². The Bertz CT molecular complexity index is 518. The summed E-state index contributed by atoms with van der Waals surface area (Å²) in [6.07, 6.45) is 2.36. The first-order valence-corrected chi connectivity index (χ1v) is 8.85. The van der Waals surface area contributed by atoms with Crippen molar-refractivity contribution in [1.29, 1.82) is 0 Å². The van der Waals surface area contributed by atoms with Gasteiger partial charge in [0.1, 0.15) is 11.9 Å². The molecule has 24 heavy (non-hydrogen) atoms. The molecule has 2 rings (SSSR count). The van der Waals surface area contributed by atoms with Crippen molar-refractivity contribution < 1.29 is 9.53 Å². The molecular formula is C19H31N3O2. The molecule has 0 aliphatic carbocycles. The first kappa shape index (κ1) is 18.6. The molecule has 2 atom stereocenters. The number of carbonyl (C=O) groups is 1.